The van der Waals surface area contributed by atoms with Gasteiger partial charge in [-0.15, -0.1) is 0 Å². The van der Waals surface area contributed by atoms with Crippen LogP contribution in [-0.4, -0.2) is 30.8 Å². The van der Waals surface area contributed by atoms with Crippen molar-refractivity contribution in [3.63, 3.8) is 0 Å². The van der Waals surface area contributed by atoms with Gasteiger partial charge in [-0.25, -0.2) is 4.79 Å². The lowest BCUT2D eigenvalue weighted by atomic mass is 10.0. The number of hydrogen-bond donors (Lipinski definition) is 2. The first kappa shape index (κ1) is 16.2. The van der Waals surface area contributed by atoms with Gasteiger partial charge in [0.05, 0.1) is 7.11 Å². The zero-order chi connectivity index (χ0) is 13.4. The Morgan fingerprint density at radius 3 is 2.24 bits per heavy atom. The lowest BCUT2D eigenvalue weighted by Gasteiger charge is -2.20. The predicted octanol–water partition coefficient (Wildman–Crippen LogP) is 1.69. The number of thiocarbonyl (C=S) groups is 1. The second-order valence-electron chi connectivity index (χ2n) is 4.95. The monoisotopic (exact) mass is 260 g/mol. The minimum Gasteiger partial charge on any atom is -0.467 e. The van der Waals surface area contributed by atoms with E-state index in [4.69, 9.17) is 17.0 Å². The van der Waals surface area contributed by atoms with Crippen molar-refractivity contribution in [2.75, 3.05) is 13.7 Å². The molecule has 0 fully saturated rings. The molecule has 4 nitrogen and oxygen atoms in total. The van der Waals surface area contributed by atoms with Crippen LogP contribution in [0.5, 0.6) is 0 Å². The molecule has 0 amide bonds. The molecule has 0 aromatic heterocycles. The quantitative estimate of drug-likeness (QED) is 0.562. The fraction of sp³-hybridized carbons (Fsp3) is 0.833. The molecule has 0 aliphatic heterocycles. The summed E-state index contributed by atoms with van der Waals surface area (Å²) in [5.74, 6) is 0.642. The molecule has 0 aromatic carbocycles. The largest absolute Gasteiger partial charge is 0.467 e. The highest BCUT2D eigenvalue weighted by Gasteiger charge is 2.21. The highest BCUT2D eigenvalue weighted by atomic mass is 32.1. The van der Waals surface area contributed by atoms with Crippen molar-refractivity contribution < 1.29 is 9.53 Å². The molecule has 0 aromatic rings. The van der Waals surface area contributed by atoms with Gasteiger partial charge in [-0.2, -0.15) is 0 Å². The van der Waals surface area contributed by atoms with E-state index in [1.165, 1.54) is 7.11 Å². The molecule has 0 aliphatic rings. The van der Waals surface area contributed by atoms with E-state index in [9.17, 15) is 4.79 Å². The molecule has 17 heavy (non-hydrogen) atoms. The third kappa shape index (κ3) is 7.96. The maximum atomic E-state index is 11.5. The number of ether oxygens (including phenoxy) is 1. The smallest absolute Gasteiger partial charge is 0.328 e. The van der Waals surface area contributed by atoms with Crippen LogP contribution in [0.3, 0.4) is 0 Å². The van der Waals surface area contributed by atoms with Gasteiger partial charge in [-0.3, -0.25) is 0 Å². The first-order chi connectivity index (χ1) is 7.86. The van der Waals surface area contributed by atoms with E-state index in [-0.39, 0.29) is 12.0 Å². The van der Waals surface area contributed by atoms with E-state index in [1.54, 1.807) is 0 Å². The van der Waals surface area contributed by atoms with Crippen molar-refractivity contribution in [1.29, 1.82) is 0 Å². The summed E-state index contributed by atoms with van der Waals surface area (Å²) in [7, 11) is 1.39. The molecule has 0 saturated carbocycles. The summed E-state index contributed by atoms with van der Waals surface area (Å²) < 4.78 is 4.75. The highest BCUT2D eigenvalue weighted by molar-refractivity contribution is 7.80. The maximum absolute atomic E-state index is 11.5. The van der Waals surface area contributed by atoms with Gasteiger partial charge in [-0.05, 0) is 30.5 Å². The van der Waals surface area contributed by atoms with E-state index in [2.05, 4.69) is 38.3 Å². The summed E-state index contributed by atoms with van der Waals surface area (Å²) in [5, 5.41) is 6.59. The summed E-state index contributed by atoms with van der Waals surface area (Å²) in [6.45, 7) is 9.11. The molecule has 0 spiro atoms. The van der Waals surface area contributed by atoms with Crippen LogP contribution in [-0.2, 0) is 9.53 Å². The van der Waals surface area contributed by atoms with Gasteiger partial charge in [-0.1, -0.05) is 27.7 Å². The molecule has 0 radical (unpaired) electrons. The highest BCUT2D eigenvalue weighted by Crippen LogP contribution is 2.06. The Morgan fingerprint density at radius 2 is 1.82 bits per heavy atom. The summed E-state index contributed by atoms with van der Waals surface area (Å²) in [6, 6.07) is -0.368. The number of hydrogen-bond acceptors (Lipinski definition) is 3. The molecule has 0 rings (SSSR count). The zero-order valence-corrected chi connectivity index (χ0v) is 12.2. The third-order valence-electron chi connectivity index (χ3n) is 2.17. The van der Waals surface area contributed by atoms with Crippen molar-refractivity contribution >= 4 is 23.3 Å². The van der Waals surface area contributed by atoms with Crippen LogP contribution in [0.25, 0.3) is 0 Å². The van der Waals surface area contributed by atoms with Gasteiger partial charge in [0, 0.05) is 6.54 Å². The molecule has 0 aliphatic carbocycles. The van der Waals surface area contributed by atoms with Crippen molar-refractivity contribution in [1.82, 2.24) is 10.6 Å². The second kappa shape index (κ2) is 8.28. The first-order valence-electron chi connectivity index (χ1n) is 5.99. The lowest BCUT2D eigenvalue weighted by molar-refractivity contribution is -0.143. The lowest BCUT2D eigenvalue weighted by Crippen LogP contribution is -2.47. The molecular formula is C12H24N2O2S. The molecule has 5 heteroatoms. The topological polar surface area (TPSA) is 50.4 Å². The minimum atomic E-state index is -0.368. The van der Waals surface area contributed by atoms with Crippen LogP contribution in [0, 0.1) is 11.8 Å². The minimum absolute atomic E-state index is 0.271. The zero-order valence-electron chi connectivity index (χ0n) is 11.4. The Kier molecular flexibility index (Phi) is 7.87. The molecule has 0 bridgehead atoms. The fourth-order valence-electron chi connectivity index (χ4n) is 1.33. The maximum Gasteiger partial charge on any atom is 0.328 e. The van der Waals surface area contributed by atoms with Crippen LogP contribution in [0.4, 0.5) is 0 Å². The normalized spacial score (nSPS) is 12.4. The van der Waals surface area contributed by atoms with Crippen molar-refractivity contribution in [3.05, 3.63) is 0 Å². The summed E-state index contributed by atoms with van der Waals surface area (Å²) >= 11 is 5.14. The van der Waals surface area contributed by atoms with Gasteiger partial charge in [0.2, 0.25) is 0 Å². The Morgan fingerprint density at radius 1 is 1.24 bits per heavy atom. The Balaban J connectivity index is 4.22. The van der Waals surface area contributed by atoms with Crippen LogP contribution < -0.4 is 10.6 Å². The molecular weight excluding hydrogens is 236 g/mol. The summed E-state index contributed by atoms with van der Waals surface area (Å²) in [6.07, 6.45) is 0.705. The summed E-state index contributed by atoms with van der Waals surface area (Å²) in [5.41, 5.74) is 0. The number of esters is 1. The predicted molar refractivity (Wildman–Crippen MR) is 73.8 cm³/mol. The van der Waals surface area contributed by atoms with Gasteiger partial charge in [0.25, 0.3) is 0 Å². The van der Waals surface area contributed by atoms with Crippen LogP contribution in [0.15, 0.2) is 0 Å². The van der Waals surface area contributed by atoms with Crippen LogP contribution >= 0.6 is 12.2 Å². The SMILES string of the molecule is COC(=O)C(CC(C)C)NC(=S)NCC(C)C. The first-order valence-corrected chi connectivity index (χ1v) is 6.39. The van der Waals surface area contributed by atoms with Gasteiger partial charge >= 0.3 is 5.97 Å². The van der Waals surface area contributed by atoms with E-state index in [0.717, 1.165) is 6.54 Å². The van der Waals surface area contributed by atoms with Crippen LogP contribution in [0.2, 0.25) is 0 Å². The third-order valence-corrected chi connectivity index (χ3v) is 2.43. The van der Waals surface area contributed by atoms with Crippen molar-refractivity contribution in [2.45, 2.75) is 40.2 Å². The second-order valence-corrected chi connectivity index (χ2v) is 5.36. The molecule has 0 heterocycles. The van der Waals surface area contributed by atoms with Gasteiger partial charge < -0.3 is 15.4 Å². The van der Waals surface area contributed by atoms with Crippen LogP contribution in [0.1, 0.15) is 34.1 Å². The van der Waals surface area contributed by atoms with E-state index < -0.39 is 0 Å². The summed E-state index contributed by atoms with van der Waals surface area (Å²) in [4.78, 5) is 11.5. The average molecular weight is 260 g/mol. The Hall–Kier alpha value is -0.840. The van der Waals surface area contributed by atoms with E-state index in [1.807, 2.05) is 0 Å². The standard InChI is InChI=1S/C12H24N2O2S/c1-8(2)6-10(11(15)16-5)14-12(17)13-7-9(3)4/h8-10H,6-7H2,1-5H3,(H2,13,14,17). The molecule has 0 saturated heterocycles. The van der Waals surface area contributed by atoms with E-state index in [0.29, 0.717) is 23.4 Å². The average Bonchev–Trinajstić information content (AvgIpc) is 2.23. The Labute approximate surface area is 109 Å². The van der Waals surface area contributed by atoms with Gasteiger partial charge in [0.1, 0.15) is 6.04 Å². The van der Waals surface area contributed by atoms with Gasteiger partial charge in [0.15, 0.2) is 5.11 Å². The molecule has 100 valence electrons. The fourth-order valence-corrected chi connectivity index (χ4v) is 1.56. The van der Waals surface area contributed by atoms with Crippen molar-refractivity contribution in [2.24, 2.45) is 11.8 Å². The number of carbonyl (C=O) groups excluding carboxylic acids is 1. The number of methoxy groups -OCH3 is 1. The molecule has 1 unspecified atom stereocenters. The molecule has 2 N–H and O–H groups in total. The Bertz CT molecular complexity index is 255. The molecule has 1 atom stereocenters. The number of carbonyl (C=O) groups is 1. The van der Waals surface area contributed by atoms with E-state index >= 15 is 0 Å². The number of rotatable bonds is 6. The van der Waals surface area contributed by atoms with Crippen molar-refractivity contribution in [3.8, 4) is 0 Å². The number of nitrogens with one attached hydrogen (secondary N) is 2.